The van der Waals surface area contributed by atoms with Gasteiger partial charge in [-0.1, -0.05) is 20.3 Å². The number of ether oxygens (including phenoxy) is 1. The Labute approximate surface area is 104 Å². The minimum atomic E-state index is -5.01. The van der Waals surface area contributed by atoms with E-state index in [2.05, 4.69) is 0 Å². The Morgan fingerprint density at radius 2 is 1.72 bits per heavy atom. The summed E-state index contributed by atoms with van der Waals surface area (Å²) in [7, 11) is 0. The van der Waals surface area contributed by atoms with E-state index in [0.29, 0.717) is 6.42 Å². The van der Waals surface area contributed by atoms with Gasteiger partial charge in [0.05, 0.1) is 6.10 Å². The number of esters is 1. The van der Waals surface area contributed by atoms with Crippen molar-refractivity contribution in [1.82, 2.24) is 5.32 Å². The smallest absolute Gasteiger partial charge is 0.461 e. The number of nitrogens with one attached hydrogen (secondary N) is 1. The van der Waals surface area contributed by atoms with E-state index >= 15 is 0 Å². The summed E-state index contributed by atoms with van der Waals surface area (Å²) < 4.78 is 41.2. The van der Waals surface area contributed by atoms with Crippen LogP contribution in [0.25, 0.3) is 0 Å². The maximum atomic E-state index is 12.1. The second-order valence-corrected chi connectivity index (χ2v) is 4.32. The second-order valence-electron chi connectivity index (χ2n) is 4.32. The van der Waals surface area contributed by atoms with Crippen LogP contribution in [0.1, 0.15) is 34.1 Å². The predicted octanol–water partition coefficient (Wildman–Crippen LogP) is 2.03. The van der Waals surface area contributed by atoms with E-state index in [4.69, 9.17) is 4.74 Å². The Morgan fingerprint density at radius 1 is 1.22 bits per heavy atom. The summed E-state index contributed by atoms with van der Waals surface area (Å²) in [6.45, 7) is 6.44. The van der Waals surface area contributed by atoms with E-state index in [1.165, 1.54) is 0 Å². The van der Waals surface area contributed by atoms with Crippen molar-refractivity contribution in [2.24, 2.45) is 5.92 Å². The molecule has 18 heavy (non-hydrogen) atoms. The van der Waals surface area contributed by atoms with Crippen molar-refractivity contribution in [2.45, 2.75) is 52.4 Å². The highest BCUT2D eigenvalue weighted by molar-refractivity contribution is 5.87. The van der Waals surface area contributed by atoms with Gasteiger partial charge in [0, 0.05) is 0 Å². The summed E-state index contributed by atoms with van der Waals surface area (Å²) in [6, 6.07) is -1.29. The van der Waals surface area contributed by atoms with Gasteiger partial charge in [0.2, 0.25) is 0 Å². The summed E-state index contributed by atoms with van der Waals surface area (Å²) in [5.41, 5.74) is 0. The fraction of sp³-hybridized carbons (Fsp3) is 0.818. The highest BCUT2D eigenvalue weighted by Crippen LogP contribution is 2.17. The van der Waals surface area contributed by atoms with Gasteiger partial charge in [-0.25, -0.2) is 4.79 Å². The third-order valence-electron chi connectivity index (χ3n) is 2.36. The largest absolute Gasteiger partial charge is 0.471 e. The number of rotatable bonds is 5. The molecular formula is C11H18F3NO3. The van der Waals surface area contributed by atoms with Crippen LogP contribution in [-0.2, 0) is 14.3 Å². The van der Waals surface area contributed by atoms with Crippen molar-refractivity contribution in [3.05, 3.63) is 0 Å². The number of hydrogen-bond acceptors (Lipinski definition) is 3. The molecule has 0 radical (unpaired) electrons. The predicted molar refractivity (Wildman–Crippen MR) is 58.7 cm³/mol. The van der Waals surface area contributed by atoms with E-state index in [1.54, 1.807) is 33.0 Å². The molecule has 0 saturated heterocycles. The Hall–Kier alpha value is -1.27. The molecule has 0 aromatic rings. The topological polar surface area (TPSA) is 55.4 Å². The van der Waals surface area contributed by atoms with E-state index in [9.17, 15) is 22.8 Å². The fourth-order valence-corrected chi connectivity index (χ4v) is 1.20. The molecule has 0 aliphatic heterocycles. The van der Waals surface area contributed by atoms with Crippen LogP contribution in [0.5, 0.6) is 0 Å². The summed E-state index contributed by atoms with van der Waals surface area (Å²) >= 11 is 0. The number of alkyl halides is 3. The van der Waals surface area contributed by atoms with Gasteiger partial charge in [-0.05, 0) is 19.8 Å². The first-order valence-corrected chi connectivity index (χ1v) is 5.67. The lowest BCUT2D eigenvalue weighted by Crippen LogP contribution is -2.50. The highest BCUT2D eigenvalue weighted by Gasteiger charge is 2.42. The summed E-state index contributed by atoms with van der Waals surface area (Å²) in [5.74, 6) is -3.42. The van der Waals surface area contributed by atoms with E-state index in [0.717, 1.165) is 0 Å². The van der Waals surface area contributed by atoms with Gasteiger partial charge in [0.15, 0.2) is 0 Å². The summed E-state index contributed by atoms with van der Waals surface area (Å²) in [6.07, 6.45) is -5.02. The number of carbonyl (C=O) groups is 2. The third kappa shape index (κ3) is 5.37. The Balaban J connectivity index is 4.80. The minimum absolute atomic E-state index is 0.440. The lowest BCUT2D eigenvalue weighted by molar-refractivity contribution is -0.177. The van der Waals surface area contributed by atoms with E-state index in [1.807, 2.05) is 0 Å². The number of amides is 1. The molecule has 2 unspecified atom stereocenters. The first-order valence-electron chi connectivity index (χ1n) is 5.67. The van der Waals surface area contributed by atoms with Gasteiger partial charge in [0.25, 0.3) is 0 Å². The Morgan fingerprint density at radius 3 is 2.06 bits per heavy atom. The second kappa shape index (κ2) is 6.61. The molecule has 0 heterocycles. The molecule has 0 aromatic carbocycles. The van der Waals surface area contributed by atoms with Gasteiger partial charge < -0.3 is 10.1 Å². The van der Waals surface area contributed by atoms with Gasteiger partial charge in [-0.3, -0.25) is 4.79 Å². The van der Waals surface area contributed by atoms with Crippen LogP contribution in [0.3, 0.4) is 0 Å². The molecule has 7 heteroatoms. The molecule has 0 aliphatic rings. The molecule has 0 spiro atoms. The van der Waals surface area contributed by atoms with Crippen LogP contribution in [0, 0.1) is 5.92 Å². The molecule has 1 amide bonds. The molecule has 0 bridgehead atoms. The number of carbonyl (C=O) groups excluding carboxylic acids is 2. The molecule has 0 aromatic heterocycles. The van der Waals surface area contributed by atoms with E-state index < -0.39 is 36.1 Å². The summed E-state index contributed by atoms with van der Waals surface area (Å²) in [5, 5.41) is 1.67. The van der Waals surface area contributed by atoms with Crippen molar-refractivity contribution in [1.29, 1.82) is 0 Å². The van der Waals surface area contributed by atoms with Crippen LogP contribution < -0.4 is 5.32 Å². The number of hydrogen-bond donors (Lipinski definition) is 1. The molecule has 0 aliphatic carbocycles. The maximum Gasteiger partial charge on any atom is 0.471 e. The first-order chi connectivity index (χ1) is 8.09. The van der Waals surface area contributed by atoms with Crippen molar-refractivity contribution < 1.29 is 27.5 Å². The highest BCUT2D eigenvalue weighted by atomic mass is 19.4. The molecule has 1 N–H and O–H groups in total. The lowest BCUT2D eigenvalue weighted by atomic mass is 9.99. The Bertz CT molecular complexity index is 302. The van der Waals surface area contributed by atoms with Gasteiger partial charge in [-0.2, -0.15) is 13.2 Å². The molecule has 0 fully saturated rings. The zero-order chi connectivity index (χ0) is 14.5. The quantitative estimate of drug-likeness (QED) is 0.777. The van der Waals surface area contributed by atoms with Crippen molar-refractivity contribution in [2.75, 3.05) is 0 Å². The first kappa shape index (κ1) is 16.7. The minimum Gasteiger partial charge on any atom is -0.461 e. The van der Waals surface area contributed by atoms with Crippen molar-refractivity contribution in [3.8, 4) is 0 Å². The monoisotopic (exact) mass is 269 g/mol. The zero-order valence-electron chi connectivity index (χ0n) is 10.8. The van der Waals surface area contributed by atoms with Crippen molar-refractivity contribution >= 4 is 11.9 Å². The molecule has 0 saturated carbocycles. The average Bonchev–Trinajstić information content (AvgIpc) is 2.21. The van der Waals surface area contributed by atoms with Gasteiger partial charge in [-0.15, -0.1) is 0 Å². The SMILES string of the molecule is CCC(C)C(NC(=O)C(F)(F)F)C(=O)OC(C)C. The van der Waals surface area contributed by atoms with Crippen molar-refractivity contribution in [3.63, 3.8) is 0 Å². The Kier molecular flexibility index (Phi) is 6.14. The number of halogens is 3. The molecule has 106 valence electrons. The van der Waals surface area contributed by atoms with Gasteiger partial charge in [0.1, 0.15) is 6.04 Å². The summed E-state index contributed by atoms with van der Waals surface area (Å²) in [4.78, 5) is 22.5. The maximum absolute atomic E-state index is 12.1. The lowest BCUT2D eigenvalue weighted by Gasteiger charge is -2.24. The van der Waals surface area contributed by atoms with Crippen LogP contribution in [-0.4, -0.2) is 30.2 Å². The molecule has 2 atom stereocenters. The molecular weight excluding hydrogens is 251 g/mol. The van der Waals surface area contributed by atoms with Crippen LogP contribution in [0.2, 0.25) is 0 Å². The fourth-order valence-electron chi connectivity index (χ4n) is 1.20. The standard InChI is InChI=1S/C11H18F3NO3/c1-5-7(4)8(9(16)18-6(2)3)15-10(17)11(12,13)14/h6-8H,5H2,1-4H3,(H,15,17). The third-order valence-corrected chi connectivity index (χ3v) is 2.36. The van der Waals surface area contributed by atoms with Gasteiger partial charge >= 0.3 is 18.1 Å². The molecule has 0 rings (SSSR count). The van der Waals surface area contributed by atoms with E-state index in [-0.39, 0.29) is 0 Å². The average molecular weight is 269 g/mol. The molecule has 4 nitrogen and oxygen atoms in total. The normalized spacial score (nSPS) is 15.1. The zero-order valence-corrected chi connectivity index (χ0v) is 10.8. The van der Waals surface area contributed by atoms with Crippen LogP contribution >= 0.6 is 0 Å². The van der Waals surface area contributed by atoms with Crippen LogP contribution in [0.15, 0.2) is 0 Å². The van der Waals surface area contributed by atoms with Crippen LogP contribution in [0.4, 0.5) is 13.2 Å².